The summed E-state index contributed by atoms with van der Waals surface area (Å²) < 4.78 is 0. The van der Waals surface area contributed by atoms with Crippen molar-refractivity contribution in [2.75, 3.05) is 0 Å². The molecule has 0 saturated heterocycles. The van der Waals surface area contributed by atoms with E-state index >= 15 is 0 Å². The summed E-state index contributed by atoms with van der Waals surface area (Å²) in [6.07, 6.45) is 0. The van der Waals surface area contributed by atoms with Crippen LogP contribution in [-0.4, -0.2) is 0 Å². The van der Waals surface area contributed by atoms with E-state index in [1.165, 1.54) is 0 Å². The van der Waals surface area contributed by atoms with E-state index < -0.39 is 0 Å². The van der Waals surface area contributed by atoms with Crippen LogP contribution in [0.3, 0.4) is 0 Å². The van der Waals surface area contributed by atoms with Gasteiger partial charge < -0.3 is 0 Å². The molecule has 24 valence electrons. The third-order valence-corrected chi connectivity index (χ3v) is 0. The van der Waals surface area contributed by atoms with Gasteiger partial charge in [0.15, 0.2) is 0 Å². The SMILES string of the molecule is [U].[U].[U].[U].[U].[U]. The van der Waals surface area contributed by atoms with Crippen molar-refractivity contribution in [2.45, 2.75) is 0 Å². The van der Waals surface area contributed by atoms with Crippen LogP contribution < -0.4 is 0 Å². The Kier molecular flexibility index (Phi) is 199. The Morgan fingerprint density at radius 1 is 0.167 bits per heavy atom. The van der Waals surface area contributed by atoms with Crippen LogP contribution in [0.4, 0.5) is 0 Å². The summed E-state index contributed by atoms with van der Waals surface area (Å²) in [6, 6.07) is 0. The Labute approximate surface area is 181 Å². The molecule has 6 heavy (non-hydrogen) atoms. The summed E-state index contributed by atoms with van der Waals surface area (Å²) in [5.74, 6) is 0. The second kappa shape index (κ2) is 30.2. The topological polar surface area (TPSA) is 0 Å². The molecule has 0 fully saturated rings. The van der Waals surface area contributed by atoms with Crippen molar-refractivity contribution < 1.29 is 187 Å². The van der Waals surface area contributed by atoms with E-state index in [2.05, 4.69) is 0 Å². The van der Waals surface area contributed by atoms with E-state index in [1.807, 2.05) is 0 Å². The van der Waals surface area contributed by atoms with Crippen molar-refractivity contribution in [3.05, 3.63) is 0 Å². The molecule has 0 aromatic heterocycles. The second-order valence-corrected chi connectivity index (χ2v) is 0. The molecule has 0 heterocycles. The molecule has 0 amide bonds. The van der Waals surface area contributed by atoms with Crippen LogP contribution in [0.1, 0.15) is 0 Å². The molecule has 0 aliphatic carbocycles. The van der Waals surface area contributed by atoms with E-state index in [0.29, 0.717) is 0 Å². The van der Waals surface area contributed by atoms with E-state index in [9.17, 15) is 0 Å². The third-order valence-electron chi connectivity index (χ3n) is 0. The first-order chi connectivity index (χ1) is 0. The molecule has 0 aromatic carbocycles. The molecule has 0 aliphatic heterocycles. The predicted octanol–water partition coefficient (Wildman–Crippen LogP) is 0. The first-order valence-electron chi connectivity index (χ1n) is 0. The van der Waals surface area contributed by atoms with E-state index in [1.54, 1.807) is 0 Å². The predicted molar refractivity (Wildman–Crippen MR) is 0 cm³/mol. The van der Waals surface area contributed by atoms with Gasteiger partial charge in [-0.25, -0.2) is 0 Å². The van der Waals surface area contributed by atoms with Crippen LogP contribution in [0.15, 0.2) is 0 Å². The van der Waals surface area contributed by atoms with Crippen LogP contribution in [0.2, 0.25) is 0 Å². The molecule has 0 aliphatic rings. The molecule has 0 nitrogen and oxygen atoms in total. The Morgan fingerprint density at radius 2 is 0.167 bits per heavy atom. The Bertz CT molecular complexity index is 0. The molecular weight excluding hydrogens is 1430 g/mol. The third kappa shape index (κ3) is 22.4. The fourth-order valence-corrected chi connectivity index (χ4v) is 0. The Balaban J connectivity index is 0. The first kappa shape index (κ1) is 39.5. The van der Waals surface area contributed by atoms with E-state index in [4.69, 9.17) is 0 Å². The van der Waals surface area contributed by atoms with Crippen molar-refractivity contribution in [2.24, 2.45) is 0 Å². The molecule has 0 bridgehead atoms. The van der Waals surface area contributed by atoms with E-state index in [0.717, 1.165) is 0 Å². The molecule has 0 radical (unpaired) electrons. The molecule has 0 rings (SSSR count). The first-order valence-corrected chi connectivity index (χ1v) is 0. The summed E-state index contributed by atoms with van der Waals surface area (Å²) in [5, 5.41) is 0. The minimum absolute atomic E-state index is 0. The van der Waals surface area contributed by atoms with Gasteiger partial charge in [0.25, 0.3) is 0 Å². The second-order valence-electron chi connectivity index (χ2n) is 0. The van der Waals surface area contributed by atoms with Gasteiger partial charge in [-0.3, -0.25) is 0 Å². The summed E-state index contributed by atoms with van der Waals surface area (Å²) in [6.45, 7) is 0. The molecule has 0 saturated carbocycles. The van der Waals surface area contributed by atoms with Crippen molar-refractivity contribution in [1.82, 2.24) is 0 Å². The quantitative estimate of drug-likeness (QED) is 0.321. The molecule has 0 unspecified atom stereocenters. The van der Waals surface area contributed by atoms with Crippen LogP contribution >= 0.6 is 0 Å². The fourth-order valence-electron chi connectivity index (χ4n) is 0. The number of rotatable bonds is 0. The van der Waals surface area contributed by atoms with Crippen LogP contribution in [0.5, 0.6) is 0 Å². The Morgan fingerprint density at radius 3 is 0.167 bits per heavy atom. The summed E-state index contributed by atoms with van der Waals surface area (Å²) in [5.41, 5.74) is 0. The monoisotopic (exact) mass is 1430 g/mol. The normalized spacial score (nSPS) is 0. The minimum Gasteiger partial charge on any atom is 0 e. The van der Waals surface area contributed by atoms with Gasteiger partial charge in [-0.2, -0.15) is 0 Å². The zero-order valence-corrected chi connectivity index (χ0v) is 28.0. The van der Waals surface area contributed by atoms with Crippen molar-refractivity contribution in [3.63, 3.8) is 0 Å². The van der Waals surface area contributed by atoms with Crippen LogP contribution in [-0.2, 0) is 0 Å². The van der Waals surface area contributed by atoms with Crippen molar-refractivity contribution in [3.8, 4) is 0 Å². The van der Waals surface area contributed by atoms with Gasteiger partial charge in [-0.1, -0.05) is 0 Å². The maximum absolute atomic E-state index is 0. The molecule has 6 heteroatoms. The average Bonchev–Trinajstić information content (AvgIpc) is 0. The molecular formula is U6. The fraction of sp³-hybridized carbons (Fsp3) is 0. The summed E-state index contributed by atoms with van der Waals surface area (Å²) in [7, 11) is 0. The zero-order valence-electron chi connectivity index (χ0n) is 3.00. The average molecular weight is 1430 g/mol. The number of hydrogen-bond acceptors (Lipinski definition) is 0. The van der Waals surface area contributed by atoms with Crippen LogP contribution in [0, 0.1) is 187 Å². The summed E-state index contributed by atoms with van der Waals surface area (Å²) in [4.78, 5) is 0. The smallest absolute Gasteiger partial charge is 0 e. The van der Waals surface area contributed by atoms with Gasteiger partial charge in [-0.15, -0.1) is 0 Å². The molecule has 0 atom stereocenters. The molecule has 0 aromatic rings. The van der Waals surface area contributed by atoms with Gasteiger partial charge in [0.1, 0.15) is 0 Å². The zero-order chi connectivity index (χ0) is 0. The van der Waals surface area contributed by atoms with E-state index in [-0.39, 0.29) is 187 Å². The van der Waals surface area contributed by atoms with Gasteiger partial charge in [-0.05, 0) is 0 Å². The van der Waals surface area contributed by atoms with Crippen molar-refractivity contribution >= 4 is 0 Å². The largest absolute Gasteiger partial charge is 0 e. The molecule has 0 N–H and O–H groups in total. The summed E-state index contributed by atoms with van der Waals surface area (Å²) >= 11 is 0. The molecule has 0 spiro atoms. The minimum atomic E-state index is 0. The van der Waals surface area contributed by atoms with Crippen LogP contribution in [0.25, 0.3) is 0 Å². The van der Waals surface area contributed by atoms with Gasteiger partial charge in [0, 0.05) is 187 Å². The standard InChI is InChI=1S/6U. The number of hydrogen-bond donors (Lipinski definition) is 0. The van der Waals surface area contributed by atoms with Gasteiger partial charge in [0.05, 0.1) is 0 Å². The maximum Gasteiger partial charge on any atom is 0 e. The Hall–Kier alpha value is 6.31. The van der Waals surface area contributed by atoms with Crippen molar-refractivity contribution in [1.29, 1.82) is 0 Å². The van der Waals surface area contributed by atoms with Gasteiger partial charge in [0.2, 0.25) is 0 Å². The van der Waals surface area contributed by atoms with Gasteiger partial charge >= 0.3 is 0 Å². The maximum atomic E-state index is 0.